The lowest BCUT2D eigenvalue weighted by Crippen LogP contribution is -2.58. The molecule has 112 valence electrons. The number of carbonyl (C=O) groups is 1. The number of hydrogen-bond donors (Lipinski definition) is 4. The highest BCUT2D eigenvalue weighted by molar-refractivity contribution is 9.10. The van der Waals surface area contributed by atoms with E-state index in [4.69, 9.17) is 20.1 Å². The van der Waals surface area contributed by atoms with Crippen LogP contribution in [0.3, 0.4) is 0 Å². The molecule has 0 saturated carbocycles. The SMILES string of the molecule is O=C(COc1ccc(F)cc1Br)NC(CO)(CO)CO. The summed E-state index contributed by atoms with van der Waals surface area (Å²) < 4.78 is 18.4. The van der Waals surface area contributed by atoms with Crippen molar-refractivity contribution in [2.75, 3.05) is 26.4 Å². The Morgan fingerprint density at radius 2 is 1.90 bits per heavy atom. The van der Waals surface area contributed by atoms with E-state index in [0.29, 0.717) is 4.47 Å². The fraction of sp³-hybridized carbons (Fsp3) is 0.417. The summed E-state index contributed by atoms with van der Waals surface area (Å²) >= 11 is 3.08. The van der Waals surface area contributed by atoms with Crippen molar-refractivity contribution in [3.63, 3.8) is 0 Å². The fourth-order valence-corrected chi connectivity index (χ4v) is 1.80. The monoisotopic (exact) mass is 351 g/mol. The molecule has 0 atom stereocenters. The van der Waals surface area contributed by atoms with Crippen LogP contribution in [0.15, 0.2) is 22.7 Å². The number of aliphatic hydroxyl groups excluding tert-OH is 3. The molecule has 0 unspecified atom stereocenters. The molecule has 0 bridgehead atoms. The number of rotatable bonds is 7. The second kappa shape index (κ2) is 7.53. The maximum atomic E-state index is 12.9. The molecule has 8 heteroatoms. The number of aliphatic hydroxyl groups is 3. The van der Waals surface area contributed by atoms with E-state index < -0.39 is 43.7 Å². The van der Waals surface area contributed by atoms with Gasteiger partial charge in [0.05, 0.1) is 24.3 Å². The summed E-state index contributed by atoms with van der Waals surface area (Å²) in [6.45, 7) is -2.27. The van der Waals surface area contributed by atoms with Crippen molar-refractivity contribution in [3.05, 3.63) is 28.5 Å². The summed E-state index contributed by atoms with van der Waals surface area (Å²) in [5, 5.41) is 29.5. The Hall–Kier alpha value is -1.22. The van der Waals surface area contributed by atoms with Gasteiger partial charge in [-0.25, -0.2) is 4.39 Å². The highest BCUT2D eigenvalue weighted by Gasteiger charge is 2.30. The molecular formula is C12H15BrFNO5. The van der Waals surface area contributed by atoms with Gasteiger partial charge in [-0.05, 0) is 34.1 Å². The predicted octanol–water partition coefficient (Wildman–Crippen LogP) is -0.201. The lowest BCUT2D eigenvalue weighted by molar-refractivity contribution is -0.127. The predicted molar refractivity (Wildman–Crippen MR) is 71.7 cm³/mol. The van der Waals surface area contributed by atoms with Crippen molar-refractivity contribution >= 4 is 21.8 Å². The Kier molecular flexibility index (Phi) is 6.34. The number of amides is 1. The minimum Gasteiger partial charge on any atom is -0.483 e. The van der Waals surface area contributed by atoms with Gasteiger partial charge in [-0.3, -0.25) is 4.79 Å². The Labute approximate surface area is 123 Å². The Morgan fingerprint density at radius 3 is 2.40 bits per heavy atom. The van der Waals surface area contributed by atoms with Crippen LogP contribution in [0.25, 0.3) is 0 Å². The minimum atomic E-state index is -1.50. The summed E-state index contributed by atoms with van der Waals surface area (Å²) in [6.07, 6.45) is 0. The van der Waals surface area contributed by atoms with Crippen LogP contribution >= 0.6 is 15.9 Å². The normalized spacial score (nSPS) is 11.2. The zero-order chi connectivity index (χ0) is 15.2. The molecule has 1 aromatic rings. The third kappa shape index (κ3) is 4.41. The van der Waals surface area contributed by atoms with Crippen molar-refractivity contribution in [3.8, 4) is 5.75 Å². The second-order valence-corrected chi connectivity index (χ2v) is 5.02. The Bertz CT molecular complexity index is 459. The summed E-state index contributed by atoms with van der Waals surface area (Å²) in [5.41, 5.74) is -1.50. The molecule has 0 aliphatic heterocycles. The van der Waals surface area contributed by atoms with E-state index in [0.717, 1.165) is 0 Å². The molecule has 0 spiro atoms. The molecule has 4 N–H and O–H groups in total. The maximum absolute atomic E-state index is 12.9. The van der Waals surface area contributed by atoms with Crippen molar-refractivity contribution in [1.82, 2.24) is 5.32 Å². The van der Waals surface area contributed by atoms with Gasteiger partial charge in [0, 0.05) is 0 Å². The largest absolute Gasteiger partial charge is 0.483 e. The van der Waals surface area contributed by atoms with Crippen molar-refractivity contribution < 1.29 is 29.2 Å². The summed E-state index contributed by atoms with van der Waals surface area (Å²) in [7, 11) is 0. The Balaban J connectivity index is 2.59. The first-order valence-corrected chi connectivity index (χ1v) is 6.47. The van der Waals surface area contributed by atoms with E-state index in [1.807, 2.05) is 0 Å². The zero-order valence-corrected chi connectivity index (χ0v) is 12.1. The average molecular weight is 352 g/mol. The number of halogens is 2. The quantitative estimate of drug-likeness (QED) is 0.545. The first-order valence-electron chi connectivity index (χ1n) is 5.68. The third-order valence-corrected chi connectivity index (χ3v) is 3.18. The topological polar surface area (TPSA) is 99.0 Å². The first kappa shape index (κ1) is 16.8. The van der Waals surface area contributed by atoms with Crippen molar-refractivity contribution in [2.24, 2.45) is 0 Å². The molecule has 1 rings (SSSR count). The van der Waals surface area contributed by atoms with Crippen molar-refractivity contribution in [1.29, 1.82) is 0 Å². The standard InChI is InChI=1S/C12H15BrFNO5/c13-9-3-8(14)1-2-10(9)20-4-11(19)15-12(5-16,6-17)7-18/h1-3,16-18H,4-7H2,(H,15,19). The van der Waals surface area contributed by atoms with E-state index in [9.17, 15) is 9.18 Å². The highest BCUT2D eigenvalue weighted by atomic mass is 79.9. The first-order chi connectivity index (χ1) is 9.46. The van der Waals surface area contributed by atoms with Gasteiger partial charge in [-0.1, -0.05) is 0 Å². The van der Waals surface area contributed by atoms with Crippen LogP contribution in [-0.2, 0) is 4.79 Å². The summed E-state index contributed by atoms with van der Waals surface area (Å²) in [5.74, 6) is -0.823. The molecule has 0 heterocycles. The summed E-state index contributed by atoms with van der Waals surface area (Å²) in [4.78, 5) is 11.6. The van der Waals surface area contributed by atoms with Crippen LogP contribution in [0.1, 0.15) is 0 Å². The molecule has 6 nitrogen and oxygen atoms in total. The van der Waals surface area contributed by atoms with E-state index in [1.54, 1.807) is 0 Å². The van der Waals surface area contributed by atoms with Crippen LogP contribution in [-0.4, -0.2) is 53.2 Å². The molecule has 1 aromatic carbocycles. The maximum Gasteiger partial charge on any atom is 0.258 e. The van der Waals surface area contributed by atoms with Gasteiger partial charge in [-0.2, -0.15) is 0 Å². The fourth-order valence-electron chi connectivity index (χ4n) is 1.34. The smallest absolute Gasteiger partial charge is 0.258 e. The van der Waals surface area contributed by atoms with Gasteiger partial charge < -0.3 is 25.4 Å². The van der Waals surface area contributed by atoms with Gasteiger partial charge in [-0.15, -0.1) is 0 Å². The number of hydrogen-bond acceptors (Lipinski definition) is 5. The summed E-state index contributed by atoms with van der Waals surface area (Å²) in [6, 6.07) is 3.72. The van der Waals surface area contributed by atoms with E-state index in [-0.39, 0.29) is 5.75 Å². The third-order valence-electron chi connectivity index (χ3n) is 2.57. The zero-order valence-electron chi connectivity index (χ0n) is 10.5. The molecule has 20 heavy (non-hydrogen) atoms. The van der Waals surface area contributed by atoms with Crippen LogP contribution in [0.2, 0.25) is 0 Å². The Morgan fingerprint density at radius 1 is 1.30 bits per heavy atom. The average Bonchev–Trinajstić information content (AvgIpc) is 2.44. The molecule has 0 aromatic heterocycles. The van der Waals surface area contributed by atoms with E-state index in [1.165, 1.54) is 18.2 Å². The molecule has 0 aliphatic rings. The highest BCUT2D eigenvalue weighted by Crippen LogP contribution is 2.25. The van der Waals surface area contributed by atoms with Gasteiger partial charge >= 0.3 is 0 Å². The van der Waals surface area contributed by atoms with Crippen LogP contribution in [0.5, 0.6) is 5.75 Å². The number of ether oxygens (including phenoxy) is 1. The van der Waals surface area contributed by atoms with Gasteiger partial charge in [0.2, 0.25) is 0 Å². The van der Waals surface area contributed by atoms with E-state index in [2.05, 4.69) is 21.2 Å². The molecule has 0 saturated heterocycles. The van der Waals surface area contributed by atoms with E-state index >= 15 is 0 Å². The second-order valence-electron chi connectivity index (χ2n) is 4.17. The number of carbonyl (C=O) groups excluding carboxylic acids is 1. The number of nitrogens with one attached hydrogen (secondary N) is 1. The van der Waals surface area contributed by atoms with Gasteiger partial charge in [0.25, 0.3) is 5.91 Å². The lowest BCUT2D eigenvalue weighted by atomic mass is 10.0. The molecule has 0 fully saturated rings. The van der Waals surface area contributed by atoms with Crippen LogP contribution in [0, 0.1) is 5.82 Å². The molecule has 1 amide bonds. The van der Waals surface area contributed by atoms with Crippen molar-refractivity contribution in [2.45, 2.75) is 5.54 Å². The van der Waals surface area contributed by atoms with Gasteiger partial charge in [0.1, 0.15) is 17.1 Å². The van der Waals surface area contributed by atoms with Crippen LogP contribution < -0.4 is 10.1 Å². The molecule has 0 aliphatic carbocycles. The number of benzene rings is 1. The molecule has 0 radical (unpaired) electrons. The molecular weight excluding hydrogens is 337 g/mol. The minimum absolute atomic E-state index is 0.268. The van der Waals surface area contributed by atoms with Crippen LogP contribution in [0.4, 0.5) is 4.39 Å². The lowest BCUT2D eigenvalue weighted by Gasteiger charge is -2.28. The van der Waals surface area contributed by atoms with Gasteiger partial charge in [0.15, 0.2) is 6.61 Å².